The average Bonchev–Trinajstić information content (AvgIpc) is 3.00. The standard InChI is InChI=1S/C17H20N4O2.CH4/c1-10-6-7-12-13(8-10)21(14-9-11(2)20-23-14)16(18-12)19-15(22)17(3,4)5;/h6-9H,1-5H3,(H,18,19,22);1H4. The number of hydrogen-bond acceptors (Lipinski definition) is 4. The third-order valence-electron chi connectivity index (χ3n) is 3.55. The average molecular weight is 328 g/mol. The van der Waals surface area contributed by atoms with Crippen LogP contribution in [0.25, 0.3) is 16.9 Å². The Labute approximate surface area is 141 Å². The van der Waals surface area contributed by atoms with Crippen LogP contribution in [-0.4, -0.2) is 20.6 Å². The van der Waals surface area contributed by atoms with Gasteiger partial charge in [-0.3, -0.25) is 10.1 Å². The molecule has 2 aromatic heterocycles. The third-order valence-corrected chi connectivity index (χ3v) is 3.55. The Morgan fingerprint density at radius 1 is 1.21 bits per heavy atom. The van der Waals surface area contributed by atoms with Crippen LogP contribution >= 0.6 is 0 Å². The molecule has 6 heteroatoms. The molecule has 2 heterocycles. The Kier molecular flexibility index (Phi) is 4.51. The van der Waals surface area contributed by atoms with E-state index in [-0.39, 0.29) is 13.3 Å². The summed E-state index contributed by atoms with van der Waals surface area (Å²) in [4.78, 5) is 16.9. The lowest BCUT2D eigenvalue weighted by atomic mass is 9.96. The van der Waals surface area contributed by atoms with Gasteiger partial charge in [0.2, 0.25) is 17.7 Å². The van der Waals surface area contributed by atoms with E-state index in [1.807, 2.05) is 58.9 Å². The van der Waals surface area contributed by atoms with Crippen molar-refractivity contribution in [2.75, 3.05) is 5.32 Å². The summed E-state index contributed by atoms with van der Waals surface area (Å²) in [5.41, 5.74) is 3.00. The third kappa shape index (κ3) is 3.18. The lowest BCUT2D eigenvalue weighted by molar-refractivity contribution is -0.123. The quantitative estimate of drug-likeness (QED) is 0.763. The molecule has 1 N–H and O–H groups in total. The number of carbonyl (C=O) groups excluding carboxylic acids is 1. The first-order chi connectivity index (χ1) is 10.8. The first-order valence-electron chi connectivity index (χ1n) is 7.50. The van der Waals surface area contributed by atoms with Crippen LogP contribution in [0.3, 0.4) is 0 Å². The zero-order chi connectivity index (χ0) is 16.8. The molecule has 1 aromatic carbocycles. The van der Waals surface area contributed by atoms with Crippen molar-refractivity contribution in [1.29, 1.82) is 0 Å². The molecule has 0 radical (unpaired) electrons. The molecule has 0 spiro atoms. The van der Waals surface area contributed by atoms with E-state index >= 15 is 0 Å². The van der Waals surface area contributed by atoms with Gasteiger partial charge in [-0.05, 0) is 31.5 Å². The second kappa shape index (κ2) is 6.11. The van der Waals surface area contributed by atoms with E-state index in [1.165, 1.54) is 0 Å². The van der Waals surface area contributed by atoms with Crippen LogP contribution in [-0.2, 0) is 4.79 Å². The normalized spacial score (nSPS) is 11.4. The Bertz CT molecular complexity index is 884. The van der Waals surface area contributed by atoms with E-state index < -0.39 is 5.41 Å². The second-order valence-electron chi connectivity index (χ2n) is 6.77. The fraction of sp³-hybridized carbons (Fsp3) is 0.389. The SMILES string of the molecule is C.Cc1ccc2nc(NC(=O)C(C)(C)C)n(-c3cc(C)no3)c2c1. The fourth-order valence-electron chi connectivity index (χ4n) is 2.24. The summed E-state index contributed by atoms with van der Waals surface area (Å²) in [5.74, 6) is 0.850. The lowest BCUT2D eigenvalue weighted by Crippen LogP contribution is -2.28. The van der Waals surface area contributed by atoms with Gasteiger partial charge in [0.1, 0.15) is 0 Å². The molecule has 0 saturated carbocycles. The van der Waals surface area contributed by atoms with E-state index in [0.29, 0.717) is 11.8 Å². The highest BCUT2D eigenvalue weighted by molar-refractivity contribution is 5.95. The van der Waals surface area contributed by atoms with Gasteiger partial charge in [-0.1, -0.05) is 39.4 Å². The predicted octanol–water partition coefficient (Wildman–Crippen LogP) is 4.25. The Morgan fingerprint density at radius 2 is 1.92 bits per heavy atom. The molecule has 0 saturated heterocycles. The van der Waals surface area contributed by atoms with Gasteiger partial charge in [-0.25, -0.2) is 9.55 Å². The van der Waals surface area contributed by atoms with Crippen LogP contribution in [0.4, 0.5) is 5.95 Å². The predicted molar refractivity (Wildman–Crippen MR) is 95.4 cm³/mol. The number of benzene rings is 1. The fourth-order valence-corrected chi connectivity index (χ4v) is 2.24. The van der Waals surface area contributed by atoms with Crippen molar-refractivity contribution in [3.63, 3.8) is 0 Å². The van der Waals surface area contributed by atoms with Crippen LogP contribution in [0.15, 0.2) is 28.8 Å². The first-order valence-corrected chi connectivity index (χ1v) is 7.50. The first kappa shape index (κ1) is 17.7. The van der Waals surface area contributed by atoms with Crippen molar-refractivity contribution in [3.05, 3.63) is 35.5 Å². The maximum absolute atomic E-state index is 12.4. The molecule has 0 atom stereocenters. The molecule has 1 amide bonds. The molecule has 3 aromatic rings. The van der Waals surface area contributed by atoms with Crippen molar-refractivity contribution in [2.24, 2.45) is 5.41 Å². The van der Waals surface area contributed by atoms with Crippen molar-refractivity contribution in [2.45, 2.75) is 42.0 Å². The number of imidazole rings is 1. The molecule has 0 aliphatic heterocycles. The van der Waals surface area contributed by atoms with Gasteiger partial charge < -0.3 is 4.52 Å². The van der Waals surface area contributed by atoms with Crippen LogP contribution in [0.1, 0.15) is 39.5 Å². The monoisotopic (exact) mass is 328 g/mol. The smallest absolute Gasteiger partial charge is 0.238 e. The number of nitrogens with one attached hydrogen (secondary N) is 1. The van der Waals surface area contributed by atoms with Crippen molar-refractivity contribution < 1.29 is 9.32 Å². The molecule has 3 rings (SSSR count). The number of nitrogens with zero attached hydrogens (tertiary/aromatic N) is 3. The molecular formula is C18H24N4O2. The number of hydrogen-bond donors (Lipinski definition) is 1. The maximum atomic E-state index is 12.4. The topological polar surface area (TPSA) is 73.0 Å². The van der Waals surface area contributed by atoms with Gasteiger partial charge in [0.15, 0.2) is 0 Å². The van der Waals surface area contributed by atoms with Gasteiger partial charge in [-0.2, -0.15) is 0 Å². The molecule has 0 aliphatic rings. The minimum atomic E-state index is -0.518. The highest BCUT2D eigenvalue weighted by Gasteiger charge is 2.25. The van der Waals surface area contributed by atoms with Crippen LogP contribution in [0.2, 0.25) is 0 Å². The minimum absolute atomic E-state index is 0. The summed E-state index contributed by atoms with van der Waals surface area (Å²) >= 11 is 0. The number of aryl methyl sites for hydroxylation is 2. The van der Waals surface area contributed by atoms with Crippen molar-refractivity contribution >= 4 is 22.9 Å². The number of rotatable bonds is 2. The summed E-state index contributed by atoms with van der Waals surface area (Å²) in [7, 11) is 0. The molecular weight excluding hydrogens is 304 g/mol. The van der Waals surface area contributed by atoms with E-state index in [1.54, 1.807) is 4.57 Å². The Balaban J connectivity index is 0.00000208. The summed E-state index contributed by atoms with van der Waals surface area (Å²) in [6, 6.07) is 7.74. The summed E-state index contributed by atoms with van der Waals surface area (Å²) < 4.78 is 7.17. The number of carbonyl (C=O) groups is 1. The van der Waals surface area contributed by atoms with Crippen LogP contribution in [0, 0.1) is 19.3 Å². The van der Waals surface area contributed by atoms with Crippen molar-refractivity contribution in [1.82, 2.24) is 14.7 Å². The minimum Gasteiger partial charge on any atom is -0.338 e. The van der Waals surface area contributed by atoms with Crippen LogP contribution < -0.4 is 5.32 Å². The van der Waals surface area contributed by atoms with E-state index in [9.17, 15) is 4.79 Å². The maximum Gasteiger partial charge on any atom is 0.238 e. The second-order valence-corrected chi connectivity index (χ2v) is 6.77. The summed E-state index contributed by atoms with van der Waals surface area (Å²) in [6.45, 7) is 9.44. The van der Waals surface area contributed by atoms with Gasteiger partial charge in [0, 0.05) is 11.5 Å². The Hall–Kier alpha value is -2.63. The van der Waals surface area contributed by atoms with Gasteiger partial charge in [0.05, 0.1) is 16.7 Å². The van der Waals surface area contributed by atoms with Gasteiger partial charge in [0.25, 0.3) is 0 Å². The molecule has 0 aliphatic carbocycles. The van der Waals surface area contributed by atoms with Gasteiger partial charge >= 0.3 is 0 Å². The highest BCUT2D eigenvalue weighted by Crippen LogP contribution is 2.27. The lowest BCUT2D eigenvalue weighted by Gasteiger charge is -2.17. The molecule has 128 valence electrons. The molecule has 24 heavy (non-hydrogen) atoms. The number of aromatic nitrogens is 3. The van der Waals surface area contributed by atoms with E-state index in [4.69, 9.17) is 4.52 Å². The summed E-state index contributed by atoms with van der Waals surface area (Å²) in [6.07, 6.45) is 0. The number of amides is 1. The Morgan fingerprint density at radius 3 is 2.50 bits per heavy atom. The van der Waals surface area contributed by atoms with Crippen molar-refractivity contribution in [3.8, 4) is 5.88 Å². The molecule has 0 bridgehead atoms. The zero-order valence-corrected chi connectivity index (χ0v) is 14.0. The van der Waals surface area contributed by atoms with E-state index in [0.717, 1.165) is 22.3 Å². The molecule has 6 nitrogen and oxygen atoms in total. The molecule has 0 unspecified atom stereocenters. The highest BCUT2D eigenvalue weighted by atomic mass is 16.5. The van der Waals surface area contributed by atoms with E-state index in [2.05, 4.69) is 15.5 Å². The largest absolute Gasteiger partial charge is 0.338 e. The number of fused-ring (bicyclic) bond motifs is 1. The zero-order valence-electron chi connectivity index (χ0n) is 14.0. The van der Waals surface area contributed by atoms with Crippen LogP contribution in [0.5, 0.6) is 0 Å². The number of anilines is 1. The molecule has 0 fully saturated rings. The summed E-state index contributed by atoms with van der Waals surface area (Å²) in [5, 5.41) is 6.83. The van der Waals surface area contributed by atoms with Gasteiger partial charge in [-0.15, -0.1) is 0 Å².